The highest BCUT2D eigenvalue weighted by atomic mass is 35.5. The fraction of sp³-hybridized carbons (Fsp3) is 0. The molecule has 2 N–H and O–H groups in total. The number of H-pyrrole nitrogens is 1. The van der Waals surface area contributed by atoms with Gasteiger partial charge in [-0.2, -0.15) is 4.98 Å². The molecule has 3 aromatic rings. The van der Waals surface area contributed by atoms with E-state index < -0.39 is 0 Å². The van der Waals surface area contributed by atoms with E-state index >= 15 is 0 Å². The molecular weight excluding hydrogens is 296 g/mol. The van der Waals surface area contributed by atoms with Crippen LogP contribution in [0.4, 0.5) is 0 Å². The van der Waals surface area contributed by atoms with Crippen LogP contribution in [0.1, 0.15) is 0 Å². The van der Waals surface area contributed by atoms with Crippen LogP contribution >= 0.6 is 22.9 Å². The summed E-state index contributed by atoms with van der Waals surface area (Å²) in [6.45, 7) is 0. The molecule has 0 spiro atoms. The Labute approximate surface area is 123 Å². The lowest BCUT2D eigenvalue weighted by atomic mass is 10.1. The molecule has 2 heterocycles. The van der Waals surface area contributed by atoms with Crippen LogP contribution in [-0.4, -0.2) is 15.1 Å². The number of halogens is 1. The van der Waals surface area contributed by atoms with Crippen molar-refractivity contribution in [3.05, 3.63) is 57.2 Å². The minimum atomic E-state index is -0.386. The SMILES string of the molecule is O=c1[nH]c(-c2cccs2)nc(O)c1-c1ccc(Cl)cc1. The molecule has 1 aromatic carbocycles. The van der Waals surface area contributed by atoms with Gasteiger partial charge in [0.25, 0.3) is 5.56 Å². The van der Waals surface area contributed by atoms with Gasteiger partial charge in [0.05, 0.1) is 4.88 Å². The Kier molecular flexibility index (Phi) is 3.30. The third-order valence-electron chi connectivity index (χ3n) is 2.79. The summed E-state index contributed by atoms with van der Waals surface area (Å²) in [6.07, 6.45) is 0. The van der Waals surface area contributed by atoms with Gasteiger partial charge in [-0.3, -0.25) is 4.79 Å². The average Bonchev–Trinajstić information content (AvgIpc) is 2.94. The molecule has 0 aliphatic rings. The third-order valence-corrected chi connectivity index (χ3v) is 3.92. The molecule has 0 amide bonds. The summed E-state index contributed by atoms with van der Waals surface area (Å²) < 4.78 is 0. The van der Waals surface area contributed by atoms with Gasteiger partial charge in [-0.1, -0.05) is 29.8 Å². The van der Waals surface area contributed by atoms with Gasteiger partial charge in [-0.15, -0.1) is 11.3 Å². The van der Waals surface area contributed by atoms with Crippen LogP contribution in [0.2, 0.25) is 5.02 Å². The van der Waals surface area contributed by atoms with E-state index in [0.29, 0.717) is 16.4 Å². The Balaban J connectivity index is 2.14. The van der Waals surface area contributed by atoms with Crippen molar-refractivity contribution in [2.75, 3.05) is 0 Å². The minimum absolute atomic E-state index is 0.141. The van der Waals surface area contributed by atoms with Gasteiger partial charge in [-0.05, 0) is 29.1 Å². The van der Waals surface area contributed by atoms with Gasteiger partial charge in [0.1, 0.15) is 5.56 Å². The number of benzene rings is 1. The Morgan fingerprint density at radius 3 is 2.55 bits per heavy atom. The molecule has 3 rings (SSSR count). The molecule has 20 heavy (non-hydrogen) atoms. The molecule has 0 fully saturated rings. The second-order valence-corrected chi connectivity index (χ2v) is 5.48. The maximum atomic E-state index is 12.2. The normalized spacial score (nSPS) is 10.7. The van der Waals surface area contributed by atoms with Crippen molar-refractivity contribution in [3.63, 3.8) is 0 Å². The quantitative estimate of drug-likeness (QED) is 0.761. The summed E-state index contributed by atoms with van der Waals surface area (Å²) in [5.41, 5.74) is 0.323. The third kappa shape index (κ3) is 2.33. The van der Waals surface area contributed by atoms with Crippen molar-refractivity contribution in [3.8, 4) is 27.7 Å². The number of aromatic nitrogens is 2. The smallest absolute Gasteiger partial charge is 0.262 e. The summed E-state index contributed by atoms with van der Waals surface area (Å²) in [4.78, 5) is 19.7. The van der Waals surface area contributed by atoms with E-state index in [1.165, 1.54) is 11.3 Å². The van der Waals surface area contributed by atoms with Crippen LogP contribution in [0, 0.1) is 0 Å². The topological polar surface area (TPSA) is 66.0 Å². The highest BCUT2D eigenvalue weighted by Crippen LogP contribution is 2.28. The first-order valence-corrected chi connectivity index (χ1v) is 7.04. The molecule has 0 saturated carbocycles. The summed E-state index contributed by atoms with van der Waals surface area (Å²) in [6, 6.07) is 10.3. The molecule has 2 aromatic heterocycles. The second kappa shape index (κ2) is 5.11. The predicted octanol–water partition coefficient (Wildman–Crippen LogP) is 3.52. The Morgan fingerprint density at radius 2 is 1.95 bits per heavy atom. The summed E-state index contributed by atoms with van der Waals surface area (Å²) in [7, 11) is 0. The van der Waals surface area contributed by atoms with E-state index in [1.54, 1.807) is 24.3 Å². The van der Waals surface area contributed by atoms with E-state index in [9.17, 15) is 9.90 Å². The first-order chi connectivity index (χ1) is 9.65. The number of nitrogens with zero attached hydrogens (tertiary/aromatic N) is 1. The molecular formula is C14H9ClN2O2S. The summed E-state index contributed by atoms with van der Waals surface area (Å²) in [5.74, 6) is 0.0692. The van der Waals surface area contributed by atoms with Crippen molar-refractivity contribution in [1.29, 1.82) is 0 Å². The Hall–Kier alpha value is -2.11. The lowest BCUT2D eigenvalue weighted by Gasteiger charge is -2.05. The predicted molar refractivity (Wildman–Crippen MR) is 80.3 cm³/mol. The highest BCUT2D eigenvalue weighted by Gasteiger charge is 2.14. The number of aromatic hydroxyl groups is 1. The monoisotopic (exact) mass is 304 g/mol. The molecule has 0 unspecified atom stereocenters. The average molecular weight is 305 g/mol. The van der Waals surface area contributed by atoms with E-state index in [0.717, 1.165) is 4.88 Å². The standard InChI is InChI=1S/C14H9ClN2O2S/c15-9-5-3-8(4-6-9)11-13(18)16-12(17-14(11)19)10-2-1-7-20-10/h1-7H,(H2,16,17,18,19). The summed E-state index contributed by atoms with van der Waals surface area (Å²) >= 11 is 7.24. The molecule has 0 atom stereocenters. The Bertz CT molecular complexity index is 795. The highest BCUT2D eigenvalue weighted by molar-refractivity contribution is 7.13. The molecule has 4 nitrogen and oxygen atoms in total. The number of thiophene rings is 1. The number of aromatic amines is 1. The fourth-order valence-electron chi connectivity index (χ4n) is 1.87. The maximum absolute atomic E-state index is 12.2. The molecule has 0 saturated heterocycles. The lowest BCUT2D eigenvalue weighted by molar-refractivity contribution is 0.454. The molecule has 0 radical (unpaired) electrons. The van der Waals surface area contributed by atoms with Gasteiger partial charge < -0.3 is 10.1 Å². The van der Waals surface area contributed by atoms with Crippen molar-refractivity contribution in [2.45, 2.75) is 0 Å². The lowest BCUT2D eigenvalue weighted by Crippen LogP contribution is -2.11. The van der Waals surface area contributed by atoms with Gasteiger partial charge in [0, 0.05) is 5.02 Å². The number of hydrogen-bond donors (Lipinski definition) is 2. The zero-order chi connectivity index (χ0) is 14.1. The van der Waals surface area contributed by atoms with E-state index in [-0.39, 0.29) is 17.0 Å². The molecule has 0 aliphatic heterocycles. The van der Waals surface area contributed by atoms with E-state index in [4.69, 9.17) is 11.6 Å². The van der Waals surface area contributed by atoms with Crippen molar-refractivity contribution in [2.24, 2.45) is 0 Å². The second-order valence-electron chi connectivity index (χ2n) is 4.10. The number of hydrogen-bond acceptors (Lipinski definition) is 4. The molecule has 6 heteroatoms. The Morgan fingerprint density at radius 1 is 1.20 bits per heavy atom. The fourth-order valence-corrected chi connectivity index (χ4v) is 2.66. The van der Waals surface area contributed by atoms with Crippen LogP contribution < -0.4 is 5.56 Å². The van der Waals surface area contributed by atoms with Crippen molar-refractivity contribution < 1.29 is 5.11 Å². The van der Waals surface area contributed by atoms with Gasteiger partial charge in [-0.25, -0.2) is 0 Å². The van der Waals surface area contributed by atoms with Crippen LogP contribution in [0.25, 0.3) is 21.8 Å². The van der Waals surface area contributed by atoms with Crippen molar-refractivity contribution in [1.82, 2.24) is 9.97 Å². The number of rotatable bonds is 2. The first kappa shape index (κ1) is 12.9. The molecule has 0 aliphatic carbocycles. The van der Waals surface area contributed by atoms with E-state index in [1.807, 2.05) is 17.5 Å². The van der Waals surface area contributed by atoms with E-state index in [2.05, 4.69) is 9.97 Å². The van der Waals surface area contributed by atoms with Crippen LogP contribution in [0.3, 0.4) is 0 Å². The molecule has 0 bridgehead atoms. The minimum Gasteiger partial charge on any atom is -0.493 e. The van der Waals surface area contributed by atoms with Crippen LogP contribution in [-0.2, 0) is 0 Å². The zero-order valence-electron chi connectivity index (χ0n) is 10.1. The first-order valence-electron chi connectivity index (χ1n) is 5.78. The zero-order valence-corrected chi connectivity index (χ0v) is 11.7. The van der Waals surface area contributed by atoms with Crippen LogP contribution in [0.15, 0.2) is 46.6 Å². The number of nitrogens with one attached hydrogen (secondary N) is 1. The maximum Gasteiger partial charge on any atom is 0.262 e. The molecule has 100 valence electrons. The summed E-state index contributed by atoms with van der Waals surface area (Å²) in [5, 5.41) is 12.5. The van der Waals surface area contributed by atoms with Crippen molar-refractivity contribution >= 4 is 22.9 Å². The van der Waals surface area contributed by atoms with Gasteiger partial charge in [0.15, 0.2) is 5.82 Å². The van der Waals surface area contributed by atoms with Gasteiger partial charge in [0.2, 0.25) is 5.88 Å². The van der Waals surface area contributed by atoms with Crippen LogP contribution in [0.5, 0.6) is 5.88 Å². The van der Waals surface area contributed by atoms with Gasteiger partial charge >= 0.3 is 0 Å². The largest absolute Gasteiger partial charge is 0.493 e.